The molecule has 0 aliphatic rings. The third-order valence-corrected chi connectivity index (χ3v) is 6.43. The highest BCUT2D eigenvalue weighted by Gasteiger charge is 2.21. The predicted molar refractivity (Wildman–Crippen MR) is 122 cm³/mol. The number of Topliss-reactive ketones (excluding diaryl/α,β-unsaturated/α-hetero) is 1. The lowest BCUT2D eigenvalue weighted by atomic mass is 10.1. The number of benzene rings is 1. The van der Waals surface area contributed by atoms with Crippen LogP contribution in [0.15, 0.2) is 49.1 Å². The summed E-state index contributed by atoms with van der Waals surface area (Å²) in [6.07, 6.45) is 1.77. The number of halogens is 1. The van der Waals surface area contributed by atoms with Gasteiger partial charge in [-0.1, -0.05) is 6.08 Å². The van der Waals surface area contributed by atoms with E-state index in [1.165, 1.54) is 23.5 Å². The molecule has 0 aliphatic heterocycles. The van der Waals surface area contributed by atoms with Crippen molar-refractivity contribution in [1.82, 2.24) is 14.3 Å². The molecule has 8 heteroatoms. The van der Waals surface area contributed by atoms with E-state index >= 15 is 0 Å². The number of rotatable bonds is 7. The first kappa shape index (κ1) is 21.7. The van der Waals surface area contributed by atoms with Crippen LogP contribution in [0.3, 0.4) is 0 Å². The van der Waals surface area contributed by atoms with E-state index in [2.05, 4.69) is 11.7 Å². The van der Waals surface area contributed by atoms with E-state index in [-0.39, 0.29) is 18.2 Å². The second-order valence-corrected chi connectivity index (χ2v) is 8.52. The van der Waals surface area contributed by atoms with E-state index < -0.39 is 5.97 Å². The standard InChI is InChI=1S/C24H22FN3O3S/c1-5-10-27-14(2)11-20(16(27)4)21(29)13-31-24(30)22-12-19-15(3)26-28(23(19)32-22)18-8-6-17(25)7-9-18/h5-9,11-12H,1,10,13H2,2-4H3. The van der Waals surface area contributed by atoms with Crippen LogP contribution in [-0.2, 0) is 11.3 Å². The number of allylic oxidation sites excluding steroid dienone is 1. The van der Waals surface area contributed by atoms with Gasteiger partial charge in [-0.05, 0) is 57.2 Å². The van der Waals surface area contributed by atoms with Gasteiger partial charge in [-0.15, -0.1) is 17.9 Å². The highest BCUT2D eigenvalue weighted by atomic mass is 32.1. The molecule has 3 aromatic heterocycles. The van der Waals surface area contributed by atoms with E-state index in [1.807, 2.05) is 25.3 Å². The Morgan fingerprint density at radius 3 is 2.59 bits per heavy atom. The summed E-state index contributed by atoms with van der Waals surface area (Å²) in [6, 6.07) is 9.48. The van der Waals surface area contributed by atoms with Crippen molar-refractivity contribution in [3.63, 3.8) is 0 Å². The highest BCUT2D eigenvalue weighted by molar-refractivity contribution is 7.20. The molecule has 0 saturated carbocycles. The Bertz CT molecular complexity index is 1350. The topological polar surface area (TPSA) is 66.1 Å². The third-order valence-electron chi connectivity index (χ3n) is 5.34. The second kappa shape index (κ2) is 8.55. The SMILES string of the molecule is C=CCn1c(C)cc(C(=O)COC(=O)c2cc3c(C)nn(-c4ccc(F)cc4)c3s2)c1C. The number of fused-ring (bicyclic) bond motifs is 1. The van der Waals surface area contributed by atoms with Crippen LogP contribution in [0.1, 0.15) is 37.1 Å². The van der Waals surface area contributed by atoms with Gasteiger partial charge >= 0.3 is 5.97 Å². The number of aryl methyl sites for hydroxylation is 2. The molecular weight excluding hydrogens is 429 g/mol. The summed E-state index contributed by atoms with van der Waals surface area (Å²) in [7, 11) is 0. The molecular formula is C24H22FN3O3S. The first-order chi connectivity index (χ1) is 15.3. The van der Waals surface area contributed by atoms with Crippen LogP contribution < -0.4 is 0 Å². The molecule has 0 aliphatic carbocycles. The van der Waals surface area contributed by atoms with Crippen LogP contribution in [0.2, 0.25) is 0 Å². The summed E-state index contributed by atoms with van der Waals surface area (Å²) in [5.41, 5.74) is 3.74. The van der Waals surface area contributed by atoms with Crippen molar-refractivity contribution in [2.75, 3.05) is 6.61 Å². The first-order valence-corrected chi connectivity index (χ1v) is 10.8. The lowest BCUT2D eigenvalue weighted by molar-refractivity contribution is 0.0479. The van der Waals surface area contributed by atoms with Crippen molar-refractivity contribution >= 4 is 33.3 Å². The van der Waals surface area contributed by atoms with Gasteiger partial charge in [-0.2, -0.15) is 5.10 Å². The number of ketones is 1. The van der Waals surface area contributed by atoms with E-state index in [4.69, 9.17) is 4.74 Å². The predicted octanol–water partition coefficient (Wildman–Crippen LogP) is 5.18. The summed E-state index contributed by atoms with van der Waals surface area (Å²) >= 11 is 1.22. The van der Waals surface area contributed by atoms with Gasteiger partial charge in [0, 0.05) is 28.9 Å². The molecule has 0 amide bonds. The van der Waals surface area contributed by atoms with Crippen molar-refractivity contribution in [3.8, 4) is 5.69 Å². The van der Waals surface area contributed by atoms with Crippen molar-refractivity contribution in [2.24, 2.45) is 0 Å². The Kier molecular flexibility index (Phi) is 5.80. The second-order valence-electron chi connectivity index (χ2n) is 7.49. The fourth-order valence-electron chi connectivity index (χ4n) is 3.68. The average Bonchev–Trinajstić information content (AvgIpc) is 3.42. The Morgan fingerprint density at radius 2 is 1.91 bits per heavy atom. The number of esters is 1. The maximum absolute atomic E-state index is 13.3. The normalized spacial score (nSPS) is 11.1. The molecule has 4 rings (SSSR count). The molecule has 4 aromatic rings. The van der Waals surface area contributed by atoms with Gasteiger partial charge in [0.25, 0.3) is 0 Å². The Labute approximate surface area is 188 Å². The number of ether oxygens (including phenoxy) is 1. The summed E-state index contributed by atoms with van der Waals surface area (Å²) in [6.45, 7) is 9.63. The van der Waals surface area contributed by atoms with Gasteiger partial charge < -0.3 is 9.30 Å². The third kappa shape index (κ3) is 3.89. The molecule has 0 N–H and O–H groups in total. The summed E-state index contributed by atoms with van der Waals surface area (Å²) in [4.78, 5) is 26.4. The maximum atomic E-state index is 13.3. The van der Waals surface area contributed by atoms with Crippen LogP contribution >= 0.6 is 11.3 Å². The number of hydrogen-bond acceptors (Lipinski definition) is 5. The van der Waals surface area contributed by atoms with Crippen LogP contribution in [0.5, 0.6) is 0 Å². The van der Waals surface area contributed by atoms with Crippen LogP contribution in [0.25, 0.3) is 15.9 Å². The Morgan fingerprint density at radius 1 is 1.19 bits per heavy atom. The zero-order valence-corrected chi connectivity index (χ0v) is 18.8. The number of thiophene rings is 1. The maximum Gasteiger partial charge on any atom is 0.348 e. The number of hydrogen-bond donors (Lipinski definition) is 0. The molecule has 32 heavy (non-hydrogen) atoms. The molecule has 0 spiro atoms. The number of nitrogens with zero attached hydrogens (tertiary/aromatic N) is 3. The molecule has 0 bridgehead atoms. The van der Waals surface area contributed by atoms with Crippen molar-refractivity contribution < 1.29 is 18.7 Å². The lowest BCUT2D eigenvalue weighted by Crippen LogP contribution is -2.14. The minimum Gasteiger partial charge on any atom is -0.453 e. The zero-order valence-electron chi connectivity index (χ0n) is 18.0. The zero-order chi connectivity index (χ0) is 23.0. The molecule has 164 valence electrons. The molecule has 0 radical (unpaired) electrons. The average molecular weight is 452 g/mol. The fraction of sp³-hybridized carbons (Fsp3) is 0.208. The van der Waals surface area contributed by atoms with Gasteiger partial charge in [0.05, 0.1) is 11.4 Å². The number of carbonyl (C=O) groups is 2. The van der Waals surface area contributed by atoms with Gasteiger partial charge in [0.15, 0.2) is 6.61 Å². The number of aromatic nitrogens is 3. The summed E-state index contributed by atoms with van der Waals surface area (Å²) in [5.74, 6) is -1.15. The molecule has 3 heterocycles. The van der Waals surface area contributed by atoms with E-state index in [0.29, 0.717) is 22.7 Å². The lowest BCUT2D eigenvalue weighted by Gasteiger charge is -2.06. The molecule has 1 aromatic carbocycles. The van der Waals surface area contributed by atoms with Gasteiger partial charge in [0.1, 0.15) is 15.5 Å². The van der Waals surface area contributed by atoms with Gasteiger partial charge in [-0.3, -0.25) is 4.79 Å². The molecule has 0 saturated heterocycles. The Balaban J connectivity index is 1.53. The van der Waals surface area contributed by atoms with Crippen molar-refractivity contribution in [2.45, 2.75) is 27.3 Å². The largest absolute Gasteiger partial charge is 0.453 e. The summed E-state index contributed by atoms with van der Waals surface area (Å²) in [5, 5.41) is 5.30. The minimum absolute atomic E-state index is 0.253. The smallest absolute Gasteiger partial charge is 0.348 e. The highest BCUT2D eigenvalue weighted by Crippen LogP contribution is 2.31. The molecule has 0 fully saturated rings. The quantitative estimate of drug-likeness (QED) is 0.221. The van der Waals surface area contributed by atoms with Gasteiger partial charge in [0.2, 0.25) is 5.78 Å². The van der Waals surface area contributed by atoms with E-state index in [0.717, 1.165) is 27.3 Å². The van der Waals surface area contributed by atoms with Crippen LogP contribution in [0.4, 0.5) is 4.39 Å². The molecule has 0 unspecified atom stereocenters. The van der Waals surface area contributed by atoms with E-state index in [9.17, 15) is 14.0 Å². The van der Waals surface area contributed by atoms with Crippen LogP contribution in [-0.4, -0.2) is 32.7 Å². The fourth-order valence-corrected chi connectivity index (χ4v) is 4.76. The van der Waals surface area contributed by atoms with Crippen LogP contribution in [0, 0.1) is 26.6 Å². The monoisotopic (exact) mass is 451 g/mol. The summed E-state index contributed by atoms with van der Waals surface area (Å²) < 4.78 is 22.2. The number of carbonyl (C=O) groups excluding carboxylic acids is 2. The van der Waals surface area contributed by atoms with Crippen molar-refractivity contribution in [1.29, 1.82) is 0 Å². The van der Waals surface area contributed by atoms with E-state index in [1.54, 1.807) is 35.0 Å². The first-order valence-electron chi connectivity index (χ1n) is 10.0. The van der Waals surface area contributed by atoms with Crippen molar-refractivity contribution in [3.05, 3.63) is 82.4 Å². The Hall–Kier alpha value is -3.52. The van der Waals surface area contributed by atoms with Gasteiger partial charge in [-0.25, -0.2) is 13.9 Å². The molecule has 0 atom stereocenters. The molecule has 6 nitrogen and oxygen atoms in total. The minimum atomic E-state index is -0.565.